The Balaban J connectivity index is 2.12. The van der Waals surface area contributed by atoms with Crippen molar-refractivity contribution in [1.82, 2.24) is 5.32 Å². The highest BCUT2D eigenvalue weighted by atomic mass is 16.5. The van der Waals surface area contributed by atoms with Crippen molar-refractivity contribution < 1.29 is 4.74 Å². The normalized spacial score (nSPS) is 11.8. The smallest absolute Gasteiger partial charge is 0.119 e. The zero-order valence-corrected chi connectivity index (χ0v) is 12.4. The van der Waals surface area contributed by atoms with Crippen molar-refractivity contribution in [3.05, 3.63) is 42.0 Å². The Morgan fingerprint density at radius 2 is 1.90 bits per heavy atom. The standard InChI is InChI=1S/C18H21NO/c1-4-5-6-11-19-14(2)15-7-8-17-13-18(20-3)10-9-16(17)12-15/h7-10,12-14,19H,6,11H2,1-3H3. The molecule has 0 heterocycles. The van der Waals surface area contributed by atoms with Gasteiger partial charge in [0.2, 0.25) is 0 Å². The minimum atomic E-state index is 0.333. The summed E-state index contributed by atoms with van der Waals surface area (Å²) in [5.74, 6) is 6.88. The zero-order valence-electron chi connectivity index (χ0n) is 12.4. The fourth-order valence-electron chi connectivity index (χ4n) is 2.23. The number of hydrogen-bond acceptors (Lipinski definition) is 2. The lowest BCUT2D eigenvalue weighted by Gasteiger charge is -2.14. The van der Waals surface area contributed by atoms with E-state index in [4.69, 9.17) is 4.74 Å². The van der Waals surface area contributed by atoms with Crippen LogP contribution in [0.5, 0.6) is 5.75 Å². The second-order valence-corrected chi connectivity index (χ2v) is 4.83. The van der Waals surface area contributed by atoms with Gasteiger partial charge in [-0.1, -0.05) is 18.2 Å². The average Bonchev–Trinajstić information content (AvgIpc) is 2.50. The van der Waals surface area contributed by atoms with Crippen LogP contribution in [0, 0.1) is 11.8 Å². The van der Waals surface area contributed by atoms with Crippen LogP contribution in [0.2, 0.25) is 0 Å². The summed E-state index contributed by atoms with van der Waals surface area (Å²) in [4.78, 5) is 0. The van der Waals surface area contributed by atoms with Crippen LogP contribution in [-0.2, 0) is 0 Å². The maximum absolute atomic E-state index is 5.25. The Hall–Kier alpha value is -1.98. The lowest BCUT2D eigenvalue weighted by molar-refractivity contribution is 0.415. The van der Waals surface area contributed by atoms with Crippen molar-refractivity contribution in [3.8, 4) is 17.6 Å². The van der Waals surface area contributed by atoms with Crippen LogP contribution in [0.3, 0.4) is 0 Å². The Labute approximate surface area is 121 Å². The Morgan fingerprint density at radius 3 is 2.65 bits per heavy atom. The van der Waals surface area contributed by atoms with E-state index in [-0.39, 0.29) is 0 Å². The summed E-state index contributed by atoms with van der Waals surface area (Å²) in [5.41, 5.74) is 1.30. The third-order valence-corrected chi connectivity index (χ3v) is 3.45. The zero-order chi connectivity index (χ0) is 14.4. The molecular weight excluding hydrogens is 246 g/mol. The van der Waals surface area contributed by atoms with Gasteiger partial charge in [-0.25, -0.2) is 0 Å². The van der Waals surface area contributed by atoms with E-state index in [0.717, 1.165) is 18.7 Å². The van der Waals surface area contributed by atoms with Gasteiger partial charge in [0.25, 0.3) is 0 Å². The van der Waals surface area contributed by atoms with E-state index in [2.05, 4.69) is 54.4 Å². The molecule has 1 atom stereocenters. The number of methoxy groups -OCH3 is 1. The first-order valence-electron chi connectivity index (χ1n) is 6.95. The Bertz CT molecular complexity index is 637. The number of hydrogen-bond donors (Lipinski definition) is 1. The predicted molar refractivity (Wildman–Crippen MR) is 85.0 cm³/mol. The topological polar surface area (TPSA) is 21.3 Å². The van der Waals surface area contributed by atoms with E-state index < -0.39 is 0 Å². The molecule has 2 nitrogen and oxygen atoms in total. The van der Waals surface area contributed by atoms with E-state index in [1.54, 1.807) is 7.11 Å². The van der Waals surface area contributed by atoms with Gasteiger partial charge >= 0.3 is 0 Å². The van der Waals surface area contributed by atoms with Gasteiger partial charge in [-0.2, -0.15) is 0 Å². The highest BCUT2D eigenvalue weighted by molar-refractivity contribution is 5.84. The summed E-state index contributed by atoms with van der Waals surface area (Å²) in [6.45, 7) is 4.98. The molecular formula is C18H21NO. The van der Waals surface area contributed by atoms with E-state index in [1.807, 2.05) is 13.0 Å². The second-order valence-electron chi connectivity index (χ2n) is 4.83. The first-order valence-corrected chi connectivity index (χ1v) is 6.95. The second kappa shape index (κ2) is 6.98. The number of fused-ring (bicyclic) bond motifs is 1. The largest absolute Gasteiger partial charge is 0.497 e. The number of nitrogens with one attached hydrogen (secondary N) is 1. The highest BCUT2D eigenvalue weighted by Gasteiger charge is 2.05. The lowest BCUT2D eigenvalue weighted by atomic mass is 10.0. The molecule has 20 heavy (non-hydrogen) atoms. The number of ether oxygens (including phenoxy) is 1. The van der Waals surface area contributed by atoms with E-state index >= 15 is 0 Å². The van der Waals surface area contributed by atoms with E-state index in [1.165, 1.54) is 16.3 Å². The molecule has 0 aliphatic carbocycles. The minimum absolute atomic E-state index is 0.333. The maximum atomic E-state index is 5.25. The highest BCUT2D eigenvalue weighted by Crippen LogP contribution is 2.24. The molecule has 2 aromatic carbocycles. The van der Waals surface area contributed by atoms with Gasteiger partial charge in [-0.15, -0.1) is 11.8 Å². The van der Waals surface area contributed by atoms with Gasteiger partial charge in [-0.05, 0) is 48.4 Å². The van der Waals surface area contributed by atoms with Gasteiger partial charge in [0.15, 0.2) is 0 Å². The molecule has 0 saturated heterocycles. The molecule has 0 spiro atoms. The van der Waals surface area contributed by atoms with Crippen LogP contribution in [0.4, 0.5) is 0 Å². The van der Waals surface area contributed by atoms with Crippen LogP contribution in [-0.4, -0.2) is 13.7 Å². The van der Waals surface area contributed by atoms with Crippen LogP contribution in [0.25, 0.3) is 10.8 Å². The molecule has 104 valence electrons. The fraction of sp³-hybridized carbons (Fsp3) is 0.333. The molecule has 2 rings (SSSR count). The first-order chi connectivity index (χ1) is 9.74. The molecule has 2 aromatic rings. The molecule has 0 aliphatic rings. The van der Waals surface area contributed by atoms with Crippen LogP contribution < -0.4 is 10.1 Å². The maximum Gasteiger partial charge on any atom is 0.119 e. The van der Waals surface area contributed by atoms with Crippen LogP contribution in [0.15, 0.2) is 36.4 Å². The van der Waals surface area contributed by atoms with Gasteiger partial charge in [-0.3, -0.25) is 0 Å². The van der Waals surface area contributed by atoms with Gasteiger partial charge in [0.05, 0.1) is 7.11 Å². The van der Waals surface area contributed by atoms with Crippen molar-refractivity contribution in [1.29, 1.82) is 0 Å². The molecule has 0 saturated carbocycles. The van der Waals surface area contributed by atoms with Gasteiger partial charge in [0.1, 0.15) is 5.75 Å². The Kier molecular flexibility index (Phi) is 5.03. The summed E-state index contributed by atoms with van der Waals surface area (Å²) >= 11 is 0. The van der Waals surface area contributed by atoms with Crippen LogP contribution in [0.1, 0.15) is 31.9 Å². The first kappa shape index (κ1) is 14.4. The van der Waals surface area contributed by atoms with Crippen molar-refractivity contribution in [2.75, 3.05) is 13.7 Å². The van der Waals surface area contributed by atoms with Crippen molar-refractivity contribution in [2.45, 2.75) is 26.3 Å². The van der Waals surface area contributed by atoms with Crippen molar-refractivity contribution in [3.63, 3.8) is 0 Å². The quantitative estimate of drug-likeness (QED) is 0.655. The molecule has 1 N–H and O–H groups in total. The third-order valence-electron chi connectivity index (χ3n) is 3.45. The summed E-state index contributed by atoms with van der Waals surface area (Å²) in [6, 6.07) is 13.1. The van der Waals surface area contributed by atoms with E-state index in [9.17, 15) is 0 Å². The number of rotatable bonds is 5. The van der Waals surface area contributed by atoms with E-state index in [0.29, 0.717) is 6.04 Å². The van der Waals surface area contributed by atoms with Crippen LogP contribution >= 0.6 is 0 Å². The fourth-order valence-corrected chi connectivity index (χ4v) is 2.23. The summed E-state index contributed by atoms with van der Waals surface area (Å²) in [7, 11) is 1.70. The van der Waals surface area contributed by atoms with Crippen molar-refractivity contribution >= 4 is 10.8 Å². The molecule has 0 amide bonds. The summed E-state index contributed by atoms with van der Waals surface area (Å²) in [6.07, 6.45) is 0.894. The van der Waals surface area contributed by atoms with Gasteiger partial charge < -0.3 is 10.1 Å². The monoisotopic (exact) mass is 267 g/mol. The van der Waals surface area contributed by atoms with Gasteiger partial charge in [0, 0.05) is 19.0 Å². The summed E-state index contributed by atoms with van der Waals surface area (Å²) in [5, 5.41) is 5.94. The third kappa shape index (κ3) is 3.53. The lowest BCUT2D eigenvalue weighted by Crippen LogP contribution is -2.19. The predicted octanol–water partition coefficient (Wildman–Crippen LogP) is 3.91. The molecule has 0 aromatic heterocycles. The summed E-state index contributed by atoms with van der Waals surface area (Å²) < 4.78 is 5.25. The molecule has 0 fully saturated rings. The Morgan fingerprint density at radius 1 is 1.15 bits per heavy atom. The SMILES string of the molecule is CC#CCCNC(C)c1ccc2cc(OC)ccc2c1. The molecule has 0 aliphatic heterocycles. The average molecular weight is 267 g/mol. The molecule has 2 heteroatoms. The van der Waals surface area contributed by atoms with Crippen molar-refractivity contribution in [2.24, 2.45) is 0 Å². The minimum Gasteiger partial charge on any atom is -0.497 e. The molecule has 0 radical (unpaired) electrons. The molecule has 0 bridgehead atoms. The molecule has 1 unspecified atom stereocenters. The number of benzene rings is 2.